The molecule has 0 fully saturated rings. The predicted octanol–water partition coefficient (Wildman–Crippen LogP) is 3.78. The van der Waals surface area contributed by atoms with Crippen molar-refractivity contribution in [3.05, 3.63) is 60.4 Å². The zero-order valence-corrected chi connectivity index (χ0v) is 18.1. The van der Waals surface area contributed by atoms with Crippen LogP contribution in [0.25, 0.3) is 39.3 Å². The molecule has 4 aromatic heterocycles. The van der Waals surface area contributed by atoms with Crippen LogP contribution in [0.2, 0.25) is 0 Å². The summed E-state index contributed by atoms with van der Waals surface area (Å²) in [5, 5.41) is 4.24. The van der Waals surface area contributed by atoms with E-state index >= 15 is 0 Å². The van der Waals surface area contributed by atoms with Crippen LogP contribution in [-0.2, 0) is 4.79 Å². The number of hydrogen-bond donors (Lipinski definition) is 2. The maximum atomic E-state index is 14.7. The van der Waals surface area contributed by atoms with Crippen LogP contribution >= 0.6 is 0 Å². The molecule has 0 saturated carbocycles. The van der Waals surface area contributed by atoms with Crippen molar-refractivity contribution in [2.24, 2.45) is 0 Å². The van der Waals surface area contributed by atoms with Gasteiger partial charge in [0.2, 0.25) is 5.91 Å². The number of nitrogens with zero attached hydrogens (tertiary/aromatic N) is 4. The summed E-state index contributed by atoms with van der Waals surface area (Å²) in [5.74, 6) is -0.745. The maximum absolute atomic E-state index is 14.7. The second-order valence-corrected chi connectivity index (χ2v) is 7.86. The molecule has 1 amide bonds. The number of carbonyl (C=O) groups is 1. The Balaban J connectivity index is 1.61. The van der Waals surface area contributed by atoms with Crippen LogP contribution < -0.4 is 5.32 Å². The normalized spacial score (nSPS) is 11.8. The number of amides is 1. The highest BCUT2D eigenvalue weighted by Crippen LogP contribution is 2.31. The van der Waals surface area contributed by atoms with Gasteiger partial charge in [0.1, 0.15) is 11.5 Å². The molecule has 0 saturated heterocycles. The Labute approximate surface area is 185 Å². The molecule has 32 heavy (non-hydrogen) atoms. The second kappa shape index (κ2) is 9.65. The van der Waals surface area contributed by atoms with Gasteiger partial charge >= 0.3 is 0 Å². The Morgan fingerprint density at radius 3 is 2.88 bits per heavy atom. The number of unbranched alkanes of at least 4 members (excludes halogenated alkanes) is 1. The number of H-pyrrole nitrogens is 1. The summed E-state index contributed by atoms with van der Waals surface area (Å²) in [7, 11) is 4.04. The van der Waals surface area contributed by atoms with E-state index in [0.717, 1.165) is 47.7 Å². The SMILES string of the molecule is CN(C)CCCCNC(=O)C=Cc1c(F)cnc2[nH]c3cnc(-c4cccnc4)cc3c12. The van der Waals surface area contributed by atoms with E-state index in [4.69, 9.17) is 0 Å². The molecule has 2 N–H and O–H groups in total. The van der Waals surface area contributed by atoms with Gasteiger partial charge in [0, 0.05) is 46.9 Å². The number of rotatable bonds is 8. The van der Waals surface area contributed by atoms with Gasteiger partial charge in [-0.3, -0.25) is 14.8 Å². The van der Waals surface area contributed by atoms with Gasteiger partial charge < -0.3 is 15.2 Å². The third kappa shape index (κ3) is 4.81. The van der Waals surface area contributed by atoms with E-state index in [0.29, 0.717) is 23.1 Å². The van der Waals surface area contributed by atoms with Crippen LogP contribution in [0.3, 0.4) is 0 Å². The molecule has 4 heterocycles. The van der Waals surface area contributed by atoms with Crippen molar-refractivity contribution in [2.75, 3.05) is 27.2 Å². The molecule has 0 aliphatic rings. The van der Waals surface area contributed by atoms with Crippen molar-refractivity contribution in [3.8, 4) is 11.3 Å². The van der Waals surface area contributed by atoms with E-state index in [2.05, 4.69) is 30.2 Å². The van der Waals surface area contributed by atoms with E-state index in [9.17, 15) is 9.18 Å². The van der Waals surface area contributed by atoms with Gasteiger partial charge in [-0.25, -0.2) is 9.37 Å². The number of aromatic nitrogens is 4. The van der Waals surface area contributed by atoms with Crippen molar-refractivity contribution in [1.29, 1.82) is 0 Å². The van der Waals surface area contributed by atoms with E-state index in [1.807, 2.05) is 32.3 Å². The monoisotopic (exact) mass is 432 g/mol. The lowest BCUT2D eigenvalue weighted by molar-refractivity contribution is -0.116. The Morgan fingerprint density at radius 1 is 1.22 bits per heavy atom. The first-order valence-electron chi connectivity index (χ1n) is 10.5. The van der Waals surface area contributed by atoms with E-state index in [1.54, 1.807) is 18.6 Å². The smallest absolute Gasteiger partial charge is 0.244 e. The van der Waals surface area contributed by atoms with Gasteiger partial charge in [0.05, 0.1) is 23.6 Å². The van der Waals surface area contributed by atoms with E-state index in [-0.39, 0.29) is 5.91 Å². The standard InChI is InChI=1S/C24H25FN6O/c1-31(2)11-4-3-10-27-22(32)8-7-17-19(25)14-29-24-23(17)18-12-20(28-15-21(18)30-24)16-6-5-9-26-13-16/h5-9,12-15H,3-4,10-11H2,1-2H3,(H,27,32)(H,29,30). The van der Waals surface area contributed by atoms with Gasteiger partial charge in [-0.2, -0.15) is 0 Å². The molecule has 0 radical (unpaired) electrons. The van der Waals surface area contributed by atoms with Crippen LogP contribution in [-0.4, -0.2) is 57.9 Å². The van der Waals surface area contributed by atoms with Crippen molar-refractivity contribution in [2.45, 2.75) is 12.8 Å². The molecule has 8 heteroatoms. The van der Waals surface area contributed by atoms with Crippen molar-refractivity contribution in [3.63, 3.8) is 0 Å². The number of nitrogens with one attached hydrogen (secondary N) is 2. The Bertz CT molecular complexity index is 1270. The molecule has 7 nitrogen and oxygen atoms in total. The number of halogens is 1. The zero-order valence-electron chi connectivity index (χ0n) is 18.1. The van der Waals surface area contributed by atoms with Crippen molar-refractivity contribution >= 4 is 33.9 Å². The summed E-state index contributed by atoms with van der Waals surface area (Å²) >= 11 is 0. The molecular weight excluding hydrogens is 407 g/mol. The molecule has 0 aromatic carbocycles. The fourth-order valence-corrected chi connectivity index (χ4v) is 3.58. The summed E-state index contributed by atoms with van der Waals surface area (Å²) in [6, 6.07) is 5.64. The van der Waals surface area contributed by atoms with Gasteiger partial charge in [-0.15, -0.1) is 0 Å². The Kier molecular flexibility index (Phi) is 6.51. The Hall–Kier alpha value is -3.65. The van der Waals surface area contributed by atoms with Crippen LogP contribution in [0, 0.1) is 5.82 Å². The zero-order chi connectivity index (χ0) is 22.5. The summed E-state index contributed by atoms with van der Waals surface area (Å²) in [5.41, 5.74) is 3.17. The maximum Gasteiger partial charge on any atom is 0.244 e. The fraction of sp³-hybridized carbons (Fsp3) is 0.250. The third-order valence-electron chi connectivity index (χ3n) is 5.19. The highest BCUT2D eigenvalue weighted by atomic mass is 19.1. The summed E-state index contributed by atoms with van der Waals surface area (Å²) in [6.07, 6.45) is 11.0. The second-order valence-electron chi connectivity index (χ2n) is 7.86. The van der Waals surface area contributed by atoms with E-state index in [1.165, 1.54) is 12.2 Å². The molecule has 0 atom stereocenters. The highest BCUT2D eigenvalue weighted by molar-refractivity contribution is 6.11. The first kappa shape index (κ1) is 21.6. The first-order valence-corrected chi connectivity index (χ1v) is 10.5. The predicted molar refractivity (Wildman–Crippen MR) is 124 cm³/mol. The van der Waals surface area contributed by atoms with Crippen LogP contribution in [0.5, 0.6) is 0 Å². The lowest BCUT2D eigenvalue weighted by atomic mass is 10.1. The quantitative estimate of drug-likeness (QED) is 0.327. The largest absolute Gasteiger partial charge is 0.353 e. The molecule has 4 rings (SSSR count). The van der Waals surface area contributed by atoms with Gasteiger partial charge in [-0.05, 0) is 57.8 Å². The number of aromatic amines is 1. The number of hydrogen-bond acceptors (Lipinski definition) is 5. The van der Waals surface area contributed by atoms with Crippen molar-refractivity contribution < 1.29 is 9.18 Å². The molecule has 0 bridgehead atoms. The summed E-state index contributed by atoms with van der Waals surface area (Å²) < 4.78 is 14.7. The third-order valence-corrected chi connectivity index (χ3v) is 5.19. The molecule has 0 aliphatic heterocycles. The van der Waals surface area contributed by atoms with Crippen LogP contribution in [0.15, 0.2) is 49.1 Å². The average Bonchev–Trinajstić information content (AvgIpc) is 3.16. The van der Waals surface area contributed by atoms with Gasteiger partial charge in [0.25, 0.3) is 0 Å². The number of fused-ring (bicyclic) bond motifs is 3. The minimum absolute atomic E-state index is 0.253. The molecule has 0 aliphatic carbocycles. The number of pyridine rings is 3. The van der Waals surface area contributed by atoms with Gasteiger partial charge in [-0.1, -0.05) is 0 Å². The van der Waals surface area contributed by atoms with Crippen LogP contribution in [0.1, 0.15) is 18.4 Å². The molecule has 0 spiro atoms. The van der Waals surface area contributed by atoms with E-state index < -0.39 is 5.82 Å². The van der Waals surface area contributed by atoms with Gasteiger partial charge in [0.15, 0.2) is 0 Å². The molecule has 4 aromatic rings. The highest BCUT2D eigenvalue weighted by Gasteiger charge is 2.14. The first-order chi connectivity index (χ1) is 15.5. The Morgan fingerprint density at radius 2 is 2.09 bits per heavy atom. The lowest BCUT2D eigenvalue weighted by Gasteiger charge is -2.08. The average molecular weight is 433 g/mol. The molecule has 0 unspecified atom stereocenters. The lowest BCUT2D eigenvalue weighted by Crippen LogP contribution is -2.23. The minimum Gasteiger partial charge on any atom is -0.353 e. The summed E-state index contributed by atoms with van der Waals surface area (Å²) in [4.78, 5) is 30.3. The fourth-order valence-electron chi connectivity index (χ4n) is 3.58. The summed E-state index contributed by atoms with van der Waals surface area (Å²) in [6.45, 7) is 1.56. The molecular formula is C24H25FN6O. The minimum atomic E-state index is -0.492. The van der Waals surface area contributed by atoms with Crippen LogP contribution in [0.4, 0.5) is 4.39 Å². The number of carbonyl (C=O) groups excluding carboxylic acids is 1. The topological polar surface area (TPSA) is 86.8 Å². The molecule has 164 valence electrons. The van der Waals surface area contributed by atoms with Crippen molar-refractivity contribution in [1.82, 2.24) is 30.2 Å².